The van der Waals surface area contributed by atoms with Crippen LogP contribution < -0.4 is 4.72 Å². The third-order valence-electron chi connectivity index (χ3n) is 3.76. The average Bonchev–Trinajstić information content (AvgIpc) is 2.94. The van der Waals surface area contributed by atoms with Crippen LogP contribution in [0.4, 0.5) is 10.1 Å². The summed E-state index contributed by atoms with van der Waals surface area (Å²) in [5.74, 6) is -1.55. The molecule has 0 aliphatic rings. The molecule has 25 heavy (non-hydrogen) atoms. The zero-order valence-electron chi connectivity index (χ0n) is 13.7. The zero-order valence-corrected chi connectivity index (χ0v) is 14.5. The molecule has 3 rings (SSSR count). The van der Waals surface area contributed by atoms with Crippen molar-refractivity contribution in [1.29, 1.82) is 0 Å². The molecule has 2 heterocycles. The number of fused-ring (bicyclic) bond motifs is 1. The number of pyridine rings is 1. The van der Waals surface area contributed by atoms with Crippen molar-refractivity contribution in [3.63, 3.8) is 0 Å². The minimum absolute atomic E-state index is 0.110. The highest BCUT2D eigenvalue weighted by Crippen LogP contribution is 2.27. The molecule has 3 aromatic rings. The number of aryl methyl sites for hydroxylation is 2. The number of benzene rings is 1. The Labute approximate surface area is 143 Å². The second kappa shape index (κ2) is 5.92. The molecule has 0 atom stereocenters. The number of nitrogens with zero attached hydrogens (tertiary/aromatic N) is 2. The maximum atomic E-state index is 14.8. The summed E-state index contributed by atoms with van der Waals surface area (Å²) in [6, 6.07) is 4.48. The first-order valence-corrected chi connectivity index (χ1v) is 9.19. The molecule has 0 saturated carbocycles. The number of halogens is 1. The first-order valence-electron chi connectivity index (χ1n) is 7.30. The van der Waals surface area contributed by atoms with E-state index in [2.05, 4.69) is 19.9 Å². The van der Waals surface area contributed by atoms with Crippen LogP contribution in [0.15, 0.2) is 24.4 Å². The summed E-state index contributed by atoms with van der Waals surface area (Å²) < 4.78 is 39.6. The van der Waals surface area contributed by atoms with Crippen molar-refractivity contribution < 1.29 is 17.6 Å². The van der Waals surface area contributed by atoms with Gasteiger partial charge in [0.25, 0.3) is 0 Å². The number of aromatic amines is 1. The van der Waals surface area contributed by atoms with E-state index in [1.54, 1.807) is 26.1 Å². The number of aromatic nitrogens is 3. The molecule has 0 fully saturated rings. The number of carbonyl (C=O) groups is 1. The van der Waals surface area contributed by atoms with Gasteiger partial charge in [0, 0.05) is 6.20 Å². The summed E-state index contributed by atoms with van der Waals surface area (Å²) in [6.45, 7) is 3.37. The maximum absolute atomic E-state index is 14.8. The van der Waals surface area contributed by atoms with Crippen molar-refractivity contribution in [3.05, 3.63) is 52.6 Å². The van der Waals surface area contributed by atoms with Crippen LogP contribution in [0.25, 0.3) is 11.0 Å². The predicted octanol–water partition coefficient (Wildman–Crippen LogP) is 2.32. The lowest BCUT2D eigenvalue weighted by Crippen LogP contribution is -2.15. The fourth-order valence-electron chi connectivity index (χ4n) is 2.62. The molecule has 7 nitrogen and oxygen atoms in total. The van der Waals surface area contributed by atoms with Gasteiger partial charge >= 0.3 is 0 Å². The number of H-pyrrole nitrogens is 1. The van der Waals surface area contributed by atoms with Crippen LogP contribution >= 0.6 is 0 Å². The second-order valence-electron chi connectivity index (χ2n) is 5.75. The largest absolute Gasteiger partial charge is 0.287 e. The van der Waals surface area contributed by atoms with Crippen molar-refractivity contribution >= 4 is 32.5 Å². The number of hydrogen-bond donors (Lipinski definition) is 2. The lowest BCUT2D eigenvalue weighted by molar-refractivity contribution is 0.103. The van der Waals surface area contributed by atoms with Gasteiger partial charge in [0.05, 0.1) is 22.9 Å². The van der Waals surface area contributed by atoms with E-state index in [0.29, 0.717) is 16.6 Å². The molecular formula is C16H15FN4O3S. The van der Waals surface area contributed by atoms with Gasteiger partial charge in [-0.05, 0) is 37.1 Å². The smallest absolute Gasteiger partial charge is 0.229 e. The number of carbonyl (C=O) groups excluding carboxylic acids is 1. The molecule has 0 aliphatic carbocycles. The molecule has 0 bridgehead atoms. The van der Waals surface area contributed by atoms with Gasteiger partial charge in [-0.3, -0.25) is 14.6 Å². The van der Waals surface area contributed by atoms with Crippen LogP contribution in [0.2, 0.25) is 0 Å². The van der Waals surface area contributed by atoms with E-state index >= 15 is 0 Å². The van der Waals surface area contributed by atoms with E-state index in [0.717, 1.165) is 11.8 Å². The number of ketones is 1. The molecule has 2 N–H and O–H groups in total. The fraction of sp³-hybridized carbons (Fsp3) is 0.188. The Hall–Kier alpha value is -2.81. The Balaban J connectivity index is 2.18. The number of anilines is 1. The van der Waals surface area contributed by atoms with Gasteiger partial charge in [0.15, 0.2) is 11.5 Å². The van der Waals surface area contributed by atoms with Gasteiger partial charge in [-0.25, -0.2) is 17.8 Å². The summed E-state index contributed by atoms with van der Waals surface area (Å²) in [7, 11) is -3.68. The number of rotatable bonds is 4. The molecule has 0 radical (unpaired) electrons. The lowest BCUT2D eigenvalue weighted by atomic mass is 9.98. The van der Waals surface area contributed by atoms with Gasteiger partial charge in [-0.1, -0.05) is 6.07 Å². The monoisotopic (exact) mass is 362 g/mol. The van der Waals surface area contributed by atoms with Gasteiger partial charge in [0.2, 0.25) is 15.8 Å². The summed E-state index contributed by atoms with van der Waals surface area (Å²) >= 11 is 0. The van der Waals surface area contributed by atoms with Gasteiger partial charge in [-0.2, -0.15) is 5.10 Å². The van der Waals surface area contributed by atoms with Crippen LogP contribution in [0, 0.1) is 19.7 Å². The van der Waals surface area contributed by atoms with E-state index < -0.39 is 21.6 Å². The highest BCUT2D eigenvalue weighted by Gasteiger charge is 2.24. The molecule has 0 unspecified atom stereocenters. The third-order valence-corrected chi connectivity index (χ3v) is 4.35. The van der Waals surface area contributed by atoms with Crippen molar-refractivity contribution in [1.82, 2.24) is 15.2 Å². The van der Waals surface area contributed by atoms with Gasteiger partial charge < -0.3 is 0 Å². The van der Waals surface area contributed by atoms with E-state index in [4.69, 9.17) is 0 Å². The van der Waals surface area contributed by atoms with Gasteiger partial charge in [0.1, 0.15) is 5.69 Å². The molecule has 1 aromatic carbocycles. The Morgan fingerprint density at radius 1 is 1.20 bits per heavy atom. The summed E-state index contributed by atoms with van der Waals surface area (Å²) in [5.41, 5.74) is 1.11. The highest BCUT2D eigenvalue weighted by atomic mass is 32.2. The first kappa shape index (κ1) is 17.0. The lowest BCUT2D eigenvalue weighted by Gasteiger charge is -2.11. The highest BCUT2D eigenvalue weighted by molar-refractivity contribution is 7.92. The van der Waals surface area contributed by atoms with E-state index in [1.165, 1.54) is 12.1 Å². The predicted molar refractivity (Wildman–Crippen MR) is 91.7 cm³/mol. The maximum Gasteiger partial charge on any atom is 0.229 e. The van der Waals surface area contributed by atoms with Crippen molar-refractivity contribution in [3.8, 4) is 0 Å². The normalized spacial score (nSPS) is 11.7. The van der Waals surface area contributed by atoms with E-state index in [9.17, 15) is 17.6 Å². The molecular weight excluding hydrogens is 347 g/mol. The zero-order chi connectivity index (χ0) is 18.4. The Morgan fingerprint density at radius 2 is 1.92 bits per heavy atom. The molecule has 2 aromatic heterocycles. The summed E-state index contributed by atoms with van der Waals surface area (Å²) in [6.07, 6.45) is 2.47. The topological polar surface area (TPSA) is 105 Å². The van der Waals surface area contributed by atoms with E-state index in [-0.39, 0.29) is 16.9 Å². The second-order valence-corrected chi connectivity index (χ2v) is 7.50. The standard InChI is InChI=1S/C16H15FN4O3S/c1-8-4-5-10(21-25(3,23)24)13(17)11(8)15(22)14-12-9(2)6-7-18-16(12)20-19-14/h4-7,21H,1-3H3,(H,18,19,20). The SMILES string of the molecule is Cc1ccc(NS(C)(=O)=O)c(F)c1C(=O)c1[nH]nc2nccc(C)c12. The van der Waals surface area contributed by atoms with Crippen molar-refractivity contribution in [2.75, 3.05) is 11.0 Å². The summed E-state index contributed by atoms with van der Waals surface area (Å²) in [4.78, 5) is 17.0. The molecule has 0 amide bonds. The Morgan fingerprint density at radius 3 is 2.60 bits per heavy atom. The minimum atomic E-state index is -3.68. The van der Waals surface area contributed by atoms with Crippen LogP contribution in [0.1, 0.15) is 27.2 Å². The first-order chi connectivity index (χ1) is 11.7. The average molecular weight is 362 g/mol. The van der Waals surface area contributed by atoms with Crippen molar-refractivity contribution in [2.45, 2.75) is 13.8 Å². The molecule has 0 spiro atoms. The Bertz CT molecular complexity index is 1110. The molecule has 0 aliphatic heterocycles. The van der Waals surface area contributed by atoms with Crippen LogP contribution in [0.5, 0.6) is 0 Å². The minimum Gasteiger partial charge on any atom is -0.287 e. The van der Waals surface area contributed by atoms with E-state index in [1.807, 2.05) is 0 Å². The van der Waals surface area contributed by atoms with Crippen LogP contribution in [-0.4, -0.2) is 35.6 Å². The Kier molecular flexibility index (Phi) is 4.03. The third kappa shape index (κ3) is 3.10. The molecule has 9 heteroatoms. The quantitative estimate of drug-likeness (QED) is 0.693. The fourth-order valence-corrected chi connectivity index (χ4v) is 3.18. The van der Waals surface area contributed by atoms with Crippen LogP contribution in [0.3, 0.4) is 0 Å². The summed E-state index contributed by atoms with van der Waals surface area (Å²) in [5, 5.41) is 7.09. The van der Waals surface area contributed by atoms with Crippen LogP contribution in [-0.2, 0) is 10.0 Å². The number of hydrogen-bond acceptors (Lipinski definition) is 5. The van der Waals surface area contributed by atoms with Crippen molar-refractivity contribution in [2.24, 2.45) is 0 Å². The molecule has 130 valence electrons. The number of sulfonamides is 1. The molecule has 0 saturated heterocycles. The van der Waals surface area contributed by atoms with Gasteiger partial charge in [-0.15, -0.1) is 0 Å². The number of nitrogens with one attached hydrogen (secondary N) is 2.